The van der Waals surface area contributed by atoms with E-state index >= 15 is 0 Å². The maximum atomic E-state index is 3.49. The summed E-state index contributed by atoms with van der Waals surface area (Å²) in [6.45, 7) is 2.23. The van der Waals surface area contributed by atoms with E-state index in [0.717, 1.165) is 0 Å². The predicted molar refractivity (Wildman–Crippen MR) is 35.8 cm³/mol. The summed E-state index contributed by atoms with van der Waals surface area (Å²) in [6.07, 6.45) is 2.79. The van der Waals surface area contributed by atoms with Gasteiger partial charge in [-0.2, -0.15) is 0 Å². The molecule has 0 aliphatic heterocycles. The molecule has 0 unspecified atom stereocenters. The highest BCUT2D eigenvalue weighted by atomic mass is 79.9. The molecule has 2 heteroatoms. The van der Waals surface area contributed by atoms with E-state index in [2.05, 4.69) is 21.0 Å². The van der Waals surface area contributed by atoms with Crippen LogP contribution in [0.3, 0.4) is 0 Å². The van der Waals surface area contributed by atoms with Gasteiger partial charge in [0.15, 0.2) is 0 Å². The summed E-state index contributed by atoms with van der Waals surface area (Å²) >= 11 is 3.70. The Morgan fingerprint density at radius 1 is 1.67 bits per heavy atom. The van der Waals surface area contributed by atoms with Gasteiger partial charge in [0.2, 0.25) is 0 Å². The summed E-state index contributed by atoms with van der Waals surface area (Å²) in [4.78, 5) is 0. The third-order valence-electron chi connectivity index (χ3n) is 0.737. The molecule has 0 N–H and O–H groups in total. The molecule has 0 spiro atoms. The van der Waals surface area contributed by atoms with E-state index in [9.17, 15) is 0 Å². The average molecular weight is 165 g/mol. The minimum absolute atomic E-state index is 0.215. The molecule has 0 nitrogen and oxygen atoms in total. The molecule has 0 radical (unpaired) electrons. The van der Waals surface area contributed by atoms with Crippen LogP contribution >= 0.6 is 14.1 Å². The maximum absolute atomic E-state index is 3.49. The third-order valence-corrected chi connectivity index (χ3v) is 3.19. The highest BCUT2D eigenvalue weighted by Crippen LogP contribution is 1.94. The van der Waals surface area contributed by atoms with Crippen LogP contribution in [0.1, 0.15) is 19.8 Å². The second kappa shape index (κ2) is 6.01. The summed E-state index contributed by atoms with van der Waals surface area (Å²) in [5.74, 6) is 0. The van der Waals surface area contributed by atoms with E-state index in [-0.39, 0.29) is 13.4 Å². The molecule has 0 rings (SSSR count). The monoisotopic (exact) mass is 164 g/mol. The molecule has 0 saturated carbocycles. The summed E-state index contributed by atoms with van der Waals surface area (Å²) in [5, 5.41) is 1.47. The number of halogens is 1. The topological polar surface area (TPSA) is 0 Å². The normalized spacial score (nSPS) is 8.33. The molecule has 6 heavy (non-hydrogen) atoms. The molecule has 0 heterocycles. The Labute approximate surface area is 52.7 Å². The van der Waals surface area contributed by atoms with Gasteiger partial charge in [-0.05, 0) is 0 Å². The van der Waals surface area contributed by atoms with Gasteiger partial charge in [-0.15, -0.1) is 0 Å². The Hall–Kier alpha value is 1.01. The molecule has 0 amide bonds. The van der Waals surface area contributed by atoms with Crippen molar-refractivity contribution in [2.24, 2.45) is 0 Å². The van der Waals surface area contributed by atoms with Crippen LogP contribution in [0.2, 0.25) is 5.28 Å². The van der Waals surface area contributed by atoms with Gasteiger partial charge in [0, 0.05) is 0 Å². The van der Waals surface area contributed by atoms with Crippen molar-refractivity contribution in [3.63, 3.8) is 0 Å². The Bertz CT molecular complexity index is 19.5. The number of unbranched alkanes of at least 4 members (excludes halogenated alkanes) is 1. The molecule has 0 aliphatic carbocycles. The van der Waals surface area contributed by atoms with Crippen molar-refractivity contribution in [2.45, 2.75) is 25.0 Å². The van der Waals surface area contributed by atoms with Crippen LogP contribution in [0, 0.1) is 0 Å². The fourth-order valence-corrected chi connectivity index (χ4v) is 2.22. The first-order chi connectivity index (χ1) is 2.91. The Morgan fingerprint density at radius 3 is 2.50 bits per heavy atom. The first kappa shape index (κ1) is 7.01. The van der Waals surface area contributed by atoms with Crippen LogP contribution in [0.15, 0.2) is 0 Å². The van der Waals surface area contributed by atoms with Crippen LogP contribution in [-0.4, -0.2) is 13.4 Å². The van der Waals surface area contributed by atoms with Gasteiger partial charge in [0.1, 0.15) is 0 Å². The predicted octanol–water partition coefficient (Wildman–Crippen LogP) is 1.95. The zero-order valence-corrected chi connectivity index (χ0v) is 7.21. The minimum Gasteiger partial charge on any atom is -0.223 e. The lowest BCUT2D eigenvalue weighted by Gasteiger charge is -1.82. The summed E-state index contributed by atoms with van der Waals surface area (Å²) < 4.78 is 0. The number of rotatable bonds is 3. The van der Waals surface area contributed by atoms with Gasteiger partial charge in [0.25, 0.3) is 0 Å². The highest BCUT2D eigenvalue weighted by molar-refractivity contribution is 9.23. The first-order valence-corrected chi connectivity index (χ1v) is 7.37. The molecule has 0 aliphatic rings. The van der Waals surface area contributed by atoms with E-state index in [1.54, 1.807) is 0 Å². The van der Waals surface area contributed by atoms with E-state index in [1.165, 1.54) is 18.1 Å². The molecule has 0 aromatic rings. The van der Waals surface area contributed by atoms with Crippen molar-refractivity contribution in [3.8, 4) is 0 Å². The standard InChI is InChI=1S/C4H9.Al.BrH.H/c1-3-4-2;;;/h1,3-4H2,2H3;;1H;/q;+1;;/p-1. The smallest absolute Gasteiger partial charge is 0.223 e. The first-order valence-electron chi connectivity index (χ1n) is 2.47. The van der Waals surface area contributed by atoms with Crippen molar-refractivity contribution < 1.29 is 0 Å². The van der Waals surface area contributed by atoms with Crippen LogP contribution in [-0.2, 0) is 0 Å². The van der Waals surface area contributed by atoms with Crippen LogP contribution < -0.4 is 0 Å². The van der Waals surface area contributed by atoms with Gasteiger partial charge in [-0.3, -0.25) is 0 Å². The zero-order chi connectivity index (χ0) is 4.83. The molecular weight excluding hydrogens is 155 g/mol. The lowest BCUT2D eigenvalue weighted by molar-refractivity contribution is 0.883. The van der Waals surface area contributed by atoms with Crippen LogP contribution in [0.4, 0.5) is 0 Å². The van der Waals surface area contributed by atoms with Crippen LogP contribution in [0.5, 0.6) is 0 Å². The SMILES string of the molecule is CCC[CH2][AlH][Br]. The lowest BCUT2D eigenvalue weighted by atomic mass is 10.4. The molecule has 0 bridgehead atoms. The Morgan fingerprint density at radius 2 is 2.33 bits per heavy atom. The molecule has 0 aromatic heterocycles. The average Bonchev–Trinajstić information content (AvgIpc) is 1.61. The summed E-state index contributed by atoms with van der Waals surface area (Å²) in [7, 11) is 0. The van der Waals surface area contributed by atoms with E-state index in [1.807, 2.05) is 0 Å². The fourth-order valence-electron chi connectivity index (χ4n) is 0.344. The second-order valence-corrected chi connectivity index (χ2v) is 4.86. The second-order valence-electron chi connectivity index (χ2n) is 1.40. The van der Waals surface area contributed by atoms with Crippen molar-refractivity contribution >= 4 is 27.4 Å². The van der Waals surface area contributed by atoms with E-state index in [4.69, 9.17) is 0 Å². The quantitative estimate of drug-likeness (QED) is 0.442. The fraction of sp³-hybridized carbons (Fsp3) is 1.00. The van der Waals surface area contributed by atoms with Gasteiger partial charge in [-0.25, -0.2) is 14.1 Å². The number of hydrogen-bond acceptors (Lipinski definition) is 0. The van der Waals surface area contributed by atoms with Crippen molar-refractivity contribution in [2.75, 3.05) is 0 Å². The van der Waals surface area contributed by atoms with Gasteiger partial charge in [0.05, 0.1) is 0 Å². The maximum Gasteiger partial charge on any atom is 0.342 e. The van der Waals surface area contributed by atoms with Crippen molar-refractivity contribution in [3.05, 3.63) is 0 Å². The molecule has 36 valence electrons. The van der Waals surface area contributed by atoms with Crippen LogP contribution in [0.25, 0.3) is 0 Å². The summed E-state index contributed by atoms with van der Waals surface area (Å²) in [6, 6.07) is 0. The third kappa shape index (κ3) is 5.01. The van der Waals surface area contributed by atoms with E-state index in [0.29, 0.717) is 0 Å². The molecule has 0 atom stereocenters. The largest absolute Gasteiger partial charge is 0.342 e. The number of hydrogen-bond donors (Lipinski definition) is 0. The highest BCUT2D eigenvalue weighted by Gasteiger charge is 1.82. The van der Waals surface area contributed by atoms with Gasteiger partial charge >= 0.3 is 13.4 Å². The summed E-state index contributed by atoms with van der Waals surface area (Å²) in [5.41, 5.74) is 0. The zero-order valence-electron chi connectivity index (χ0n) is 4.21. The van der Waals surface area contributed by atoms with Crippen molar-refractivity contribution in [1.29, 1.82) is 0 Å². The Balaban J connectivity index is 2.34. The van der Waals surface area contributed by atoms with E-state index < -0.39 is 0 Å². The molecule has 0 saturated heterocycles. The van der Waals surface area contributed by atoms with Crippen molar-refractivity contribution in [1.82, 2.24) is 0 Å². The molecule has 0 aromatic carbocycles. The molecule has 0 fully saturated rings. The molecular formula is C4H10AlBr. The Kier molecular flexibility index (Phi) is 7.03. The lowest BCUT2D eigenvalue weighted by Crippen LogP contribution is -1.72. The van der Waals surface area contributed by atoms with Gasteiger partial charge in [-0.1, -0.05) is 25.0 Å². The van der Waals surface area contributed by atoms with Gasteiger partial charge < -0.3 is 0 Å². The minimum atomic E-state index is 0.215.